The van der Waals surface area contributed by atoms with E-state index in [2.05, 4.69) is 39.2 Å². The van der Waals surface area contributed by atoms with Gasteiger partial charge in [-0.2, -0.15) is 18.2 Å². The molecule has 0 amide bonds. The smallest absolute Gasteiger partial charge is 0.268 e. The quantitative estimate of drug-likeness (QED) is 0.107. The monoisotopic (exact) mass is 1380 g/mol. The molecule has 9 aromatic carbocycles. The van der Waals surface area contributed by atoms with Crippen molar-refractivity contribution in [2.45, 2.75) is 148 Å². The molecule has 0 atom stereocenters. The number of benzene rings is 9. The Kier molecular flexibility index (Phi) is 7.19. The second-order valence-electron chi connectivity index (χ2n) is 24.6. The van der Waals surface area contributed by atoms with Crippen molar-refractivity contribution < 1.29 is 83.8 Å². The predicted molar refractivity (Wildman–Crippen MR) is 365 cm³/mol. The van der Waals surface area contributed by atoms with Crippen LogP contribution in [0.25, 0.3) is 94.5 Å². The summed E-state index contributed by atoms with van der Waals surface area (Å²) in [6.45, 7) is -23.1. The minimum Gasteiger partial charge on any atom is -0.510 e. The van der Waals surface area contributed by atoms with E-state index < -0.39 is 229 Å². The molecule has 0 N–H and O–H groups in total. The molecule has 5 nitrogen and oxygen atoms in total. The van der Waals surface area contributed by atoms with Crippen molar-refractivity contribution in [2.24, 2.45) is 0 Å². The first-order valence-corrected chi connectivity index (χ1v) is 28.3. The molecular weight excluding hydrogens is 1260 g/mol. The number of imidazole rings is 1. The summed E-state index contributed by atoms with van der Waals surface area (Å²) in [4.78, 5) is 4.79. The zero-order valence-electron chi connectivity index (χ0n) is 87.8. The Morgan fingerprint density at radius 2 is 1.17 bits per heavy atom. The maximum atomic E-state index is 10.8. The molecule has 0 unspecified atom stereocenters. The Morgan fingerprint density at radius 3 is 1.85 bits per heavy atom. The van der Waals surface area contributed by atoms with Crippen molar-refractivity contribution in [3.8, 4) is 73.2 Å². The molecule has 0 saturated carbocycles. The second kappa shape index (κ2) is 21.6. The van der Waals surface area contributed by atoms with Gasteiger partial charge >= 0.3 is 0 Å². The largest absolute Gasteiger partial charge is 0.510 e. The van der Waals surface area contributed by atoms with Crippen molar-refractivity contribution >= 4 is 32.8 Å². The van der Waals surface area contributed by atoms with Crippen LogP contribution in [-0.2, 0) is 53.6 Å². The van der Waals surface area contributed by atoms with Gasteiger partial charge in [-0.05, 0) is 177 Å². The fourth-order valence-corrected chi connectivity index (χ4v) is 11.7. The SMILES string of the molecule is [2H]c1c([2H])c([2H])c(-c2cc(-c3c([2H])c([2H])c4c(c3[2H])C(C([2H])([2H])[2H])(C([2H])([2H])[2H])CC4(C([2H])([2H])[2H])C([2H])([2H])[2H])c(-[n+]3[c-]n(-c4[c-]c(Oc5[c-]c6c(cc5)c5ccccc5n6-c5cc(C(C)(C)C)ccn5)ccc4)c4cc(-c5ccc(C(C)(C)C)cc5)ccc43)c(-c3c([2H])c([2H])c4c(c3[2H])C(C([2H])([2H])[2H])(C([2H])([2H])[2H])C([2H])([2H])C([2H])([2H])C4(C([2H])([2H])[2H])C([2H])([2H])[2H])c2)c([2H])c1[2H].[Pt]. The summed E-state index contributed by atoms with van der Waals surface area (Å²) in [5, 5.41) is 1.58. The van der Waals surface area contributed by atoms with Crippen molar-refractivity contribution in [3.05, 3.63) is 246 Å². The van der Waals surface area contributed by atoms with Gasteiger partial charge in [0.25, 0.3) is 6.33 Å². The van der Waals surface area contributed by atoms with Crippen molar-refractivity contribution in [3.63, 3.8) is 0 Å². The average Bonchev–Trinajstić information content (AvgIpc) is 0.843. The van der Waals surface area contributed by atoms with Crippen LogP contribution >= 0.6 is 0 Å². The Morgan fingerprint density at radius 1 is 0.539 bits per heavy atom. The third kappa shape index (κ3) is 10.6. The second-order valence-corrected chi connectivity index (χ2v) is 24.6. The molecule has 2 aliphatic rings. The van der Waals surface area contributed by atoms with E-state index in [9.17, 15) is 32.9 Å². The molecule has 3 heterocycles. The zero-order valence-corrected chi connectivity index (χ0v) is 51.1. The Labute approximate surface area is 596 Å². The van der Waals surface area contributed by atoms with Crippen LogP contribution in [0.1, 0.15) is 202 Å². The van der Waals surface area contributed by atoms with Gasteiger partial charge in [-0.25, -0.2) is 4.98 Å². The number of nitrogens with zero attached hydrogens (tertiary/aromatic N) is 4. The molecule has 3 aromatic heterocycles. The minimum atomic E-state index is -4.96. The molecule has 12 aromatic rings. The van der Waals surface area contributed by atoms with Gasteiger partial charge in [0.1, 0.15) is 5.82 Å². The van der Waals surface area contributed by atoms with E-state index in [-0.39, 0.29) is 54.7 Å². The van der Waals surface area contributed by atoms with Crippen LogP contribution in [0.4, 0.5) is 0 Å². The van der Waals surface area contributed by atoms with Crippen molar-refractivity contribution in [1.29, 1.82) is 0 Å². The van der Waals surface area contributed by atoms with Gasteiger partial charge < -0.3 is 13.9 Å². The van der Waals surface area contributed by atoms with E-state index >= 15 is 0 Å². The first-order valence-electron chi connectivity index (χ1n) is 47.8. The van der Waals surface area contributed by atoms with Crippen molar-refractivity contribution in [1.82, 2.24) is 14.1 Å². The number of rotatable bonds is 9. The van der Waals surface area contributed by atoms with Crippen LogP contribution in [0.5, 0.6) is 11.5 Å². The van der Waals surface area contributed by atoms with E-state index in [1.54, 1.807) is 30.5 Å². The molecule has 0 fully saturated rings. The molecule has 0 saturated heterocycles. The van der Waals surface area contributed by atoms with E-state index in [1.807, 2.05) is 79.9 Å². The number of aromatic nitrogens is 4. The molecule has 0 radical (unpaired) electrons. The van der Waals surface area contributed by atoms with Crippen LogP contribution < -0.4 is 9.30 Å². The normalized spacial score (nSPS) is 24.3. The molecular formula is C83H80N4OPt-2. The van der Waals surface area contributed by atoms with Crippen LogP contribution in [0.3, 0.4) is 0 Å². The fraction of sp³-hybridized carbons (Fsp3) is 0.277. The summed E-state index contributed by atoms with van der Waals surface area (Å²) in [5.41, 5.74) is -29.0. The molecule has 6 heteroatoms. The Bertz CT molecular complexity index is 6490. The molecule has 0 spiro atoms. The topological polar surface area (TPSA) is 35.9 Å². The number of pyridine rings is 1. The average molecular weight is 1380 g/mol. The van der Waals surface area contributed by atoms with Crippen LogP contribution in [0.15, 0.2) is 194 Å². The Balaban J connectivity index is 0.0000140. The van der Waals surface area contributed by atoms with Gasteiger partial charge in [-0.1, -0.05) is 223 Å². The first kappa shape index (κ1) is 29.7. The Hall–Kier alpha value is -8.11. The zero-order chi connectivity index (χ0) is 94.6. The van der Waals surface area contributed by atoms with Gasteiger partial charge in [-0.15, -0.1) is 29.7 Å². The van der Waals surface area contributed by atoms with E-state index in [4.69, 9.17) is 30.3 Å². The molecule has 89 heavy (non-hydrogen) atoms. The minimum absolute atomic E-state index is 0. The summed E-state index contributed by atoms with van der Waals surface area (Å²) in [5.74, 6) is 0.590. The maximum Gasteiger partial charge on any atom is 0.268 e. The van der Waals surface area contributed by atoms with Gasteiger partial charge in [0.2, 0.25) is 0 Å². The van der Waals surface area contributed by atoms with Gasteiger partial charge in [0.05, 0.1) is 31.8 Å². The third-order valence-electron chi connectivity index (χ3n) is 16.2. The summed E-state index contributed by atoms with van der Waals surface area (Å²) >= 11 is 0. The van der Waals surface area contributed by atoms with E-state index in [0.717, 1.165) is 44.1 Å². The standard InChI is InChI=1S/C83H80N4O.Pt/c1-78(2,3)59-32-27-54(28-33-59)55-31-38-73-75(47-55)85(61-23-20-24-62(49-61)88-63-34-35-65-64-25-18-19-26-72(64)87(74(65)50-63)76-48-60(39-42-84-76)79(4,5)6)52-86(73)77-66(56-29-36-68-70(45-56)81(9,10)41-40-80(68,7)8)43-58(53-21-16-15-17-22-53)44-67(77)57-30-37-69-71(46-57)83(13,14)51-82(69,11)12;/h15-39,42-48H,40-41,51H2,1-14H3;/q-2;/i7D3,8D3,9D3,10D3,11D3,12D3,13D3,14D3,15D,16D,17D,21D,22D,29D,30D,36D,37D,40D2,41D2,45D,46D;. The molecule has 0 aliphatic heterocycles. The third-order valence-corrected chi connectivity index (χ3v) is 16.2. The summed E-state index contributed by atoms with van der Waals surface area (Å²) in [6, 6.07) is 23.4. The molecule has 14 rings (SSSR count). The molecule has 0 bridgehead atoms. The summed E-state index contributed by atoms with van der Waals surface area (Å²) < 4.78 is 379. The summed E-state index contributed by atoms with van der Waals surface area (Å²) in [6.07, 6.45) is -6.93. The molecule has 2 aliphatic carbocycles. The predicted octanol–water partition coefficient (Wildman–Crippen LogP) is 21.2. The fourth-order valence-electron chi connectivity index (χ4n) is 11.7. The van der Waals surface area contributed by atoms with E-state index in [1.165, 1.54) is 34.9 Å². The van der Waals surface area contributed by atoms with Crippen LogP contribution in [0.2, 0.25) is 0 Å². The van der Waals surface area contributed by atoms with Gasteiger partial charge in [-0.3, -0.25) is 4.57 Å². The van der Waals surface area contributed by atoms with Gasteiger partial charge in [0.15, 0.2) is 0 Å². The number of ether oxygens (including phenoxy) is 1. The number of para-hydroxylation sites is 1. The molecule has 450 valence electrons. The van der Waals surface area contributed by atoms with Crippen LogP contribution in [-0.4, -0.2) is 14.1 Å². The number of hydrogen-bond donors (Lipinski definition) is 0. The maximum absolute atomic E-state index is 10.8. The first-order chi connectivity index (χ1) is 58.0. The van der Waals surface area contributed by atoms with E-state index in [0.29, 0.717) is 22.5 Å². The van der Waals surface area contributed by atoms with Crippen LogP contribution in [0, 0.1) is 18.5 Å². The van der Waals surface area contributed by atoms with Crippen molar-refractivity contribution in [2.75, 3.05) is 0 Å². The summed E-state index contributed by atoms with van der Waals surface area (Å²) in [7, 11) is 0. The number of hydrogen-bond acceptors (Lipinski definition) is 2. The van der Waals surface area contributed by atoms with Gasteiger partial charge in [0, 0.05) is 82.7 Å². The number of fused-ring (bicyclic) bond motifs is 6.